The predicted molar refractivity (Wildman–Crippen MR) is 158 cm³/mol. The third kappa shape index (κ3) is 6.32. The van der Waals surface area contributed by atoms with Crippen LogP contribution in [0.25, 0.3) is 11.3 Å². The van der Waals surface area contributed by atoms with Crippen LogP contribution < -0.4 is 10.6 Å². The number of phenols is 1. The molecule has 0 unspecified atom stereocenters. The average Bonchev–Trinajstić information content (AvgIpc) is 3.64. The Labute approximate surface area is 239 Å². The molecule has 1 saturated carbocycles. The lowest BCUT2D eigenvalue weighted by atomic mass is 9.87. The van der Waals surface area contributed by atoms with Crippen LogP contribution in [0.15, 0.2) is 72.8 Å². The van der Waals surface area contributed by atoms with Gasteiger partial charge in [-0.2, -0.15) is 9.78 Å². The molecule has 1 aliphatic carbocycles. The summed E-state index contributed by atoms with van der Waals surface area (Å²) in [5.74, 6) is -0.533. The van der Waals surface area contributed by atoms with Gasteiger partial charge in [-0.25, -0.2) is 9.18 Å². The average molecular weight is 555 g/mol. The van der Waals surface area contributed by atoms with Gasteiger partial charge in [-0.1, -0.05) is 63.9 Å². The number of nitrogens with one attached hydrogen (secondary N) is 2. The van der Waals surface area contributed by atoms with Crippen molar-refractivity contribution in [3.63, 3.8) is 0 Å². The van der Waals surface area contributed by atoms with Crippen molar-refractivity contribution >= 4 is 17.6 Å². The summed E-state index contributed by atoms with van der Waals surface area (Å²) in [5, 5.41) is 21.0. The number of hydrogen-bond acceptors (Lipinski definition) is 4. The molecule has 0 bridgehead atoms. The highest BCUT2D eigenvalue weighted by molar-refractivity contribution is 6.04. The minimum atomic E-state index is -0.468. The Morgan fingerprint density at radius 3 is 2.39 bits per heavy atom. The van der Waals surface area contributed by atoms with Gasteiger partial charge >= 0.3 is 6.03 Å². The molecule has 5 rings (SSSR count). The maximum atomic E-state index is 14.1. The molecule has 0 saturated heterocycles. The fraction of sp³-hybridized carbons (Fsp3) is 0.303. The zero-order valence-corrected chi connectivity index (χ0v) is 23.6. The zero-order chi connectivity index (χ0) is 29.1. The number of nitrogens with zero attached hydrogens (tertiary/aromatic N) is 2. The van der Waals surface area contributed by atoms with Crippen LogP contribution in [0.3, 0.4) is 0 Å². The van der Waals surface area contributed by atoms with Crippen molar-refractivity contribution in [1.29, 1.82) is 0 Å². The van der Waals surface area contributed by atoms with E-state index >= 15 is 0 Å². The van der Waals surface area contributed by atoms with Gasteiger partial charge in [-0.05, 0) is 66.3 Å². The van der Waals surface area contributed by atoms with Gasteiger partial charge in [0.25, 0.3) is 5.91 Å². The summed E-state index contributed by atoms with van der Waals surface area (Å²) in [5.41, 5.74) is 4.06. The normalized spacial score (nSPS) is 13.8. The molecule has 2 amide bonds. The van der Waals surface area contributed by atoms with E-state index in [4.69, 9.17) is 0 Å². The molecule has 1 aromatic heterocycles. The second-order valence-electron chi connectivity index (χ2n) is 11.6. The molecule has 0 aliphatic heterocycles. The molecule has 0 radical (unpaired) electrons. The first-order valence-electron chi connectivity index (χ1n) is 14.0. The van der Waals surface area contributed by atoms with Gasteiger partial charge in [0.15, 0.2) is 0 Å². The molecule has 212 valence electrons. The summed E-state index contributed by atoms with van der Waals surface area (Å²) in [6, 6.07) is 19.9. The first-order chi connectivity index (χ1) is 19.6. The fourth-order valence-electron chi connectivity index (χ4n) is 5.23. The molecule has 8 heteroatoms. The number of phenolic OH excluding ortho intramolecular Hbond substituents is 1. The summed E-state index contributed by atoms with van der Waals surface area (Å²) in [4.78, 5) is 26.2. The number of carbonyl (C=O) groups is 2. The smallest absolute Gasteiger partial charge is 0.342 e. The van der Waals surface area contributed by atoms with E-state index in [1.54, 1.807) is 42.5 Å². The monoisotopic (exact) mass is 554 g/mol. The van der Waals surface area contributed by atoms with Gasteiger partial charge in [0.1, 0.15) is 11.6 Å². The Morgan fingerprint density at radius 2 is 1.71 bits per heavy atom. The third-order valence-electron chi connectivity index (χ3n) is 7.63. The van der Waals surface area contributed by atoms with Crippen LogP contribution in [-0.4, -0.2) is 26.8 Å². The van der Waals surface area contributed by atoms with Crippen molar-refractivity contribution in [3.8, 4) is 17.0 Å². The molecule has 3 aromatic carbocycles. The quantitative estimate of drug-likeness (QED) is 0.217. The number of hydrogen-bond donors (Lipinski definition) is 3. The first kappa shape index (κ1) is 28.1. The van der Waals surface area contributed by atoms with Gasteiger partial charge in [-0.3, -0.25) is 4.79 Å². The highest BCUT2D eigenvalue weighted by atomic mass is 19.1. The van der Waals surface area contributed by atoms with Crippen LogP contribution in [-0.2, 0) is 12.0 Å². The maximum Gasteiger partial charge on any atom is 0.342 e. The molecule has 1 aliphatic rings. The molecule has 4 aromatic rings. The number of benzene rings is 3. The van der Waals surface area contributed by atoms with Gasteiger partial charge in [0.05, 0.1) is 11.4 Å². The van der Waals surface area contributed by atoms with Crippen molar-refractivity contribution in [2.75, 3.05) is 5.32 Å². The molecule has 41 heavy (non-hydrogen) atoms. The second-order valence-corrected chi connectivity index (χ2v) is 11.6. The lowest BCUT2D eigenvalue weighted by Gasteiger charge is -2.19. The van der Waals surface area contributed by atoms with Crippen molar-refractivity contribution in [2.24, 2.45) is 0 Å². The van der Waals surface area contributed by atoms with Crippen LogP contribution >= 0.6 is 0 Å². The van der Waals surface area contributed by atoms with E-state index in [0.29, 0.717) is 28.1 Å². The molecule has 1 fully saturated rings. The number of aromatic hydroxyl groups is 1. The molecule has 3 N–H and O–H groups in total. The summed E-state index contributed by atoms with van der Waals surface area (Å²) >= 11 is 0. The first-order valence-corrected chi connectivity index (χ1v) is 14.0. The van der Waals surface area contributed by atoms with Crippen molar-refractivity contribution in [3.05, 3.63) is 101 Å². The number of rotatable bonds is 6. The van der Waals surface area contributed by atoms with Crippen molar-refractivity contribution < 1.29 is 19.1 Å². The van der Waals surface area contributed by atoms with Crippen LogP contribution in [0.5, 0.6) is 5.75 Å². The highest BCUT2D eigenvalue weighted by Crippen LogP contribution is 2.38. The van der Waals surface area contributed by atoms with Gasteiger partial charge in [0, 0.05) is 34.8 Å². The van der Waals surface area contributed by atoms with Crippen LogP contribution in [0, 0.1) is 5.82 Å². The Bertz CT molecular complexity index is 1560. The Hall–Kier alpha value is -4.46. The zero-order valence-electron chi connectivity index (χ0n) is 23.6. The highest BCUT2D eigenvalue weighted by Gasteiger charge is 2.26. The van der Waals surface area contributed by atoms with E-state index < -0.39 is 6.03 Å². The molecular weight excluding hydrogens is 519 g/mol. The fourth-order valence-corrected chi connectivity index (χ4v) is 5.23. The summed E-state index contributed by atoms with van der Waals surface area (Å²) in [6.45, 7) is 6.37. The molecule has 0 spiro atoms. The molecular formula is C33H35FN4O3. The lowest BCUT2D eigenvalue weighted by Crippen LogP contribution is -2.31. The van der Waals surface area contributed by atoms with Crippen molar-refractivity contribution in [1.82, 2.24) is 15.1 Å². The number of amides is 2. The van der Waals surface area contributed by atoms with E-state index in [1.807, 2.05) is 18.2 Å². The van der Waals surface area contributed by atoms with Crippen LogP contribution in [0.4, 0.5) is 14.9 Å². The van der Waals surface area contributed by atoms with Crippen LogP contribution in [0.1, 0.15) is 79.6 Å². The number of halogens is 1. The standard InChI is InChI=1S/C33H35FN4O3/c1-33(2,3)24-14-12-22(13-15-24)31(40)36-25-16-17-30(39)26(18-25)28-19-29(21-8-4-5-9-21)38(37-28)32(41)35-20-23-10-6-7-11-27(23)34/h6-7,10-19,21,39H,4-5,8-9,20H2,1-3H3,(H,35,41)(H,36,40). The lowest BCUT2D eigenvalue weighted by molar-refractivity contribution is 0.102. The maximum absolute atomic E-state index is 14.1. The summed E-state index contributed by atoms with van der Waals surface area (Å²) < 4.78 is 15.4. The van der Waals surface area contributed by atoms with Gasteiger partial charge in [-0.15, -0.1) is 0 Å². The number of carbonyl (C=O) groups excluding carboxylic acids is 2. The summed E-state index contributed by atoms with van der Waals surface area (Å²) in [7, 11) is 0. The molecule has 0 atom stereocenters. The largest absolute Gasteiger partial charge is 0.507 e. The minimum absolute atomic E-state index is 0.0176. The minimum Gasteiger partial charge on any atom is -0.507 e. The Kier molecular flexibility index (Phi) is 7.92. The second kappa shape index (κ2) is 11.6. The third-order valence-corrected chi connectivity index (χ3v) is 7.63. The predicted octanol–water partition coefficient (Wildman–Crippen LogP) is 7.36. The van der Waals surface area contributed by atoms with E-state index in [9.17, 15) is 19.1 Å². The van der Waals surface area contributed by atoms with Gasteiger partial charge < -0.3 is 15.7 Å². The Balaban J connectivity index is 1.40. The molecule has 7 nitrogen and oxygen atoms in total. The van der Waals surface area contributed by atoms with Gasteiger partial charge in [0.2, 0.25) is 0 Å². The van der Waals surface area contributed by atoms with Crippen LogP contribution in [0.2, 0.25) is 0 Å². The summed E-state index contributed by atoms with van der Waals surface area (Å²) in [6.07, 6.45) is 3.99. The van der Waals surface area contributed by atoms with E-state index in [2.05, 4.69) is 36.5 Å². The van der Waals surface area contributed by atoms with E-state index in [1.165, 1.54) is 16.8 Å². The topological polar surface area (TPSA) is 96.2 Å². The SMILES string of the molecule is CC(C)(C)c1ccc(C(=O)Nc2ccc(O)c(-c3cc(C4CCCC4)n(C(=O)NCc4ccccc4F)n3)c2)cc1. The number of aromatic nitrogens is 2. The van der Waals surface area contributed by atoms with E-state index in [0.717, 1.165) is 36.9 Å². The van der Waals surface area contributed by atoms with E-state index in [-0.39, 0.29) is 35.4 Å². The van der Waals surface area contributed by atoms with Crippen molar-refractivity contribution in [2.45, 2.75) is 64.3 Å². The molecule has 1 heterocycles. The number of anilines is 1. The Morgan fingerprint density at radius 1 is 1.00 bits per heavy atom.